The molecular formula is C21H31N3O3. The molecule has 148 valence electrons. The highest BCUT2D eigenvalue weighted by Crippen LogP contribution is 2.35. The zero-order valence-corrected chi connectivity index (χ0v) is 16.0. The van der Waals surface area contributed by atoms with E-state index in [0.717, 1.165) is 32.2 Å². The second-order valence-corrected chi connectivity index (χ2v) is 8.29. The number of carbonyl (C=O) groups excluding carboxylic acids is 1. The second-order valence-electron chi connectivity index (χ2n) is 8.29. The van der Waals surface area contributed by atoms with E-state index in [-0.39, 0.29) is 11.6 Å². The van der Waals surface area contributed by atoms with E-state index in [1.807, 2.05) is 0 Å². The summed E-state index contributed by atoms with van der Waals surface area (Å²) in [6.07, 6.45) is 6.89. The molecule has 1 unspecified atom stereocenters. The molecule has 6 heteroatoms. The molecule has 1 atom stereocenters. The van der Waals surface area contributed by atoms with Crippen LogP contribution < -0.4 is 5.73 Å². The second kappa shape index (κ2) is 8.17. The number of ether oxygens (including phenoxy) is 2. The number of amides is 2. The number of carbonyl (C=O) groups is 1. The SMILES string of the molecule is NC(=O)N1CCCC2(COCN2COC2CCC(c3ccccc3)CC2)C1. The molecule has 1 aliphatic carbocycles. The van der Waals surface area contributed by atoms with Crippen LogP contribution in [0.15, 0.2) is 30.3 Å². The molecule has 1 spiro atoms. The fraction of sp³-hybridized carbons (Fsp3) is 0.667. The van der Waals surface area contributed by atoms with Crippen molar-refractivity contribution in [2.45, 2.75) is 56.1 Å². The normalized spacial score (nSPS) is 32.1. The van der Waals surface area contributed by atoms with E-state index in [1.54, 1.807) is 4.90 Å². The van der Waals surface area contributed by atoms with E-state index in [1.165, 1.54) is 18.4 Å². The zero-order chi connectivity index (χ0) is 18.7. The number of nitrogens with zero attached hydrogens (tertiary/aromatic N) is 2. The van der Waals surface area contributed by atoms with Gasteiger partial charge >= 0.3 is 6.03 Å². The summed E-state index contributed by atoms with van der Waals surface area (Å²) in [6.45, 7) is 3.20. The highest BCUT2D eigenvalue weighted by atomic mass is 16.5. The molecule has 0 radical (unpaired) electrons. The third-order valence-electron chi connectivity index (χ3n) is 6.57. The molecule has 1 saturated carbocycles. The number of benzene rings is 1. The zero-order valence-electron chi connectivity index (χ0n) is 16.0. The summed E-state index contributed by atoms with van der Waals surface area (Å²) in [6, 6.07) is 10.5. The summed E-state index contributed by atoms with van der Waals surface area (Å²) in [7, 11) is 0. The number of urea groups is 1. The maximum Gasteiger partial charge on any atom is 0.314 e. The van der Waals surface area contributed by atoms with Gasteiger partial charge in [-0.2, -0.15) is 0 Å². The highest BCUT2D eigenvalue weighted by Gasteiger charge is 2.46. The summed E-state index contributed by atoms with van der Waals surface area (Å²) in [4.78, 5) is 15.6. The Morgan fingerprint density at radius 2 is 2.00 bits per heavy atom. The lowest BCUT2D eigenvalue weighted by atomic mass is 9.83. The maximum absolute atomic E-state index is 11.6. The first kappa shape index (κ1) is 18.7. The Balaban J connectivity index is 1.28. The van der Waals surface area contributed by atoms with E-state index < -0.39 is 0 Å². The average molecular weight is 373 g/mol. The van der Waals surface area contributed by atoms with Crippen molar-refractivity contribution in [1.82, 2.24) is 9.80 Å². The Bertz CT molecular complexity index is 633. The van der Waals surface area contributed by atoms with Gasteiger partial charge in [-0.25, -0.2) is 9.69 Å². The third kappa shape index (κ3) is 4.13. The van der Waals surface area contributed by atoms with Crippen molar-refractivity contribution in [3.8, 4) is 0 Å². The van der Waals surface area contributed by atoms with Gasteiger partial charge in [0.2, 0.25) is 0 Å². The molecule has 2 heterocycles. The van der Waals surface area contributed by atoms with Crippen LogP contribution in [0, 0.1) is 0 Å². The minimum absolute atomic E-state index is 0.130. The first-order valence-corrected chi connectivity index (χ1v) is 10.2. The number of piperidine rings is 1. The summed E-state index contributed by atoms with van der Waals surface area (Å²) < 4.78 is 12.0. The summed E-state index contributed by atoms with van der Waals surface area (Å²) >= 11 is 0. The van der Waals surface area contributed by atoms with Crippen molar-refractivity contribution in [1.29, 1.82) is 0 Å². The fourth-order valence-electron chi connectivity index (χ4n) is 4.91. The summed E-state index contributed by atoms with van der Waals surface area (Å²) in [5, 5.41) is 0. The van der Waals surface area contributed by atoms with Crippen molar-refractivity contribution in [3.05, 3.63) is 35.9 Å². The van der Waals surface area contributed by atoms with Crippen molar-refractivity contribution in [3.63, 3.8) is 0 Å². The quantitative estimate of drug-likeness (QED) is 0.881. The van der Waals surface area contributed by atoms with Crippen LogP contribution in [0.4, 0.5) is 4.79 Å². The topological polar surface area (TPSA) is 68.0 Å². The van der Waals surface area contributed by atoms with E-state index in [9.17, 15) is 4.79 Å². The van der Waals surface area contributed by atoms with Gasteiger partial charge in [0, 0.05) is 13.1 Å². The Morgan fingerprint density at radius 1 is 1.22 bits per heavy atom. The van der Waals surface area contributed by atoms with Gasteiger partial charge in [0.05, 0.1) is 18.2 Å². The third-order valence-corrected chi connectivity index (χ3v) is 6.57. The Labute approximate surface area is 161 Å². The van der Waals surface area contributed by atoms with Crippen molar-refractivity contribution < 1.29 is 14.3 Å². The molecule has 1 aromatic rings. The van der Waals surface area contributed by atoms with E-state index in [2.05, 4.69) is 35.2 Å². The Kier molecular flexibility index (Phi) is 5.66. The Hall–Kier alpha value is -1.63. The molecule has 3 aliphatic rings. The number of hydrogen-bond acceptors (Lipinski definition) is 4. The van der Waals surface area contributed by atoms with Gasteiger partial charge in [-0.1, -0.05) is 30.3 Å². The smallest absolute Gasteiger partial charge is 0.314 e. The van der Waals surface area contributed by atoms with Crippen molar-refractivity contribution in [2.75, 3.05) is 33.2 Å². The molecule has 6 nitrogen and oxygen atoms in total. The molecular weight excluding hydrogens is 342 g/mol. The lowest BCUT2D eigenvalue weighted by Crippen LogP contribution is -2.59. The van der Waals surface area contributed by atoms with Crippen LogP contribution in [-0.2, 0) is 9.47 Å². The predicted octanol–water partition coefficient (Wildman–Crippen LogP) is 2.89. The van der Waals surface area contributed by atoms with E-state index in [0.29, 0.717) is 38.6 Å². The molecule has 3 fully saturated rings. The maximum atomic E-state index is 11.6. The molecule has 2 amide bonds. The van der Waals surface area contributed by atoms with Crippen LogP contribution in [0.25, 0.3) is 0 Å². The predicted molar refractivity (Wildman–Crippen MR) is 103 cm³/mol. The van der Waals surface area contributed by atoms with Gasteiger partial charge in [-0.3, -0.25) is 0 Å². The number of primary amides is 1. The van der Waals surface area contributed by atoms with E-state index >= 15 is 0 Å². The molecule has 2 saturated heterocycles. The number of likely N-dealkylation sites (tertiary alicyclic amines) is 1. The molecule has 2 aliphatic heterocycles. The van der Waals surface area contributed by atoms with Gasteiger partial charge in [0.25, 0.3) is 0 Å². The molecule has 4 rings (SSSR count). The van der Waals surface area contributed by atoms with Crippen LogP contribution in [0.5, 0.6) is 0 Å². The lowest BCUT2D eigenvalue weighted by molar-refractivity contribution is -0.0781. The average Bonchev–Trinajstić information content (AvgIpc) is 3.09. The molecule has 0 bridgehead atoms. The van der Waals surface area contributed by atoms with Crippen LogP contribution in [-0.4, -0.2) is 60.6 Å². The van der Waals surface area contributed by atoms with Crippen molar-refractivity contribution >= 4 is 6.03 Å². The number of rotatable bonds is 4. The van der Waals surface area contributed by atoms with Gasteiger partial charge in [-0.05, 0) is 50.0 Å². The van der Waals surface area contributed by atoms with E-state index in [4.69, 9.17) is 15.2 Å². The Morgan fingerprint density at radius 3 is 2.74 bits per heavy atom. The van der Waals surface area contributed by atoms with Gasteiger partial charge in [-0.15, -0.1) is 0 Å². The minimum Gasteiger partial charge on any atom is -0.364 e. The van der Waals surface area contributed by atoms with Gasteiger partial charge < -0.3 is 20.1 Å². The molecule has 27 heavy (non-hydrogen) atoms. The first-order valence-electron chi connectivity index (χ1n) is 10.2. The fourth-order valence-corrected chi connectivity index (χ4v) is 4.91. The van der Waals surface area contributed by atoms with Crippen LogP contribution in [0.3, 0.4) is 0 Å². The monoisotopic (exact) mass is 373 g/mol. The van der Waals surface area contributed by atoms with Crippen LogP contribution in [0.2, 0.25) is 0 Å². The number of nitrogens with two attached hydrogens (primary N) is 1. The number of hydrogen-bond donors (Lipinski definition) is 1. The summed E-state index contributed by atoms with van der Waals surface area (Å²) in [5.41, 5.74) is 6.84. The minimum atomic E-state index is -0.332. The van der Waals surface area contributed by atoms with Gasteiger partial charge in [0.1, 0.15) is 13.5 Å². The van der Waals surface area contributed by atoms with Gasteiger partial charge in [0.15, 0.2) is 0 Å². The largest absolute Gasteiger partial charge is 0.364 e. The lowest BCUT2D eigenvalue weighted by Gasteiger charge is -2.44. The molecule has 1 aromatic carbocycles. The van der Waals surface area contributed by atoms with Crippen LogP contribution >= 0.6 is 0 Å². The molecule has 0 aromatic heterocycles. The van der Waals surface area contributed by atoms with Crippen molar-refractivity contribution in [2.24, 2.45) is 5.73 Å². The highest BCUT2D eigenvalue weighted by molar-refractivity contribution is 5.72. The van der Waals surface area contributed by atoms with Crippen LogP contribution in [0.1, 0.15) is 50.0 Å². The first-order chi connectivity index (χ1) is 13.2. The molecule has 2 N–H and O–H groups in total. The standard InChI is InChI=1S/C21H31N3O3/c22-20(25)23-12-4-11-21(13-23)14-26-15-24(21)16-27-19-9-7-18(8-10-19)17-5-2-1-3-6-17/h1-3,5-6,18-19H,4,7-16H2,(H2,22,25). The summed E-state index contributed by atoms with van der Waals surface area (Å²) in [5.74, 6) is 0.662.